The second-order valence-corrected chi connectivity index (χ2v) is 8.01. The molecule has 128 valence electrons. The zero-order chi connectivity index (χ0) is 16.7. The van der Waals surface area contributed by atoms with Crippen molar-refractivity contribution in [2.24, 2.45) is 13.0 Å². The number of aliphatic hydroxyl groups is 1. The fourth-order valence-corrected chi connectivity index (χ4v) is 4.58. The Hall–Kier alpha value is -1.66. The average molecular weight is 345 g/mol. The molecular formula is C18H23N3O2S. The van der Waals surface area contributed by atoms with Gasteiger partial charge < -0.3 is 10.0 Å². The van der Waals surface area contributed by atoms with E-state index < -0.39 is 5.60 Å². The normalized spacial score (nSPS) is 20.8. The van der Waals surface area contributed by atoms with Crippen molar-refractivity contribution in [2.45, 2.75) is 37.7 Å². The third-order valence-corrected chi connectivity index (χ3v) is 6.47. The summed E-state index contributed by atoms with van der Waals surface area (Å²) in [5.41, 5.74) is 0.868. The predicted molar refractivity (Wildman–Crippen MR) is 93.9 cm³/mol. The smallest absolute Gasteiger partial charge is 0.257 e. The van der Waals surface area contributed by atoms with Gasteiger partial charge in [-0.2, -0.15) is 5.10 Å². The number of carbonyl (C=O) groups excluding carboxylic acids is 1. The van der Waals surface area contributed by atoms with Gasteiger partial charge in [0, 0.05) is 26.3 Å². The van der Waals surface area contributed by atoms with E-state index in [1.807, 2.05) is 35.7 Å². The summed E-state index contributed by atoms with van der Waals surface area (Å²) in [7, 11) is 1.85. The van der Waals surface area contributed by atoms with Crippen molar-refractivity contribution >= 4 is 17.2 Å². The molecule has 1 amide bonds. The highest BCUT2D eigenvalue weighted by molar-refractivity contribution is 7.13. The van der Waals surface area contributed by atoms with E-state index in [4.69, 9.17) is 0 Å². The van der Waals surface area contributed by atoms with Gasteiger partial charge in [0.15, 0.2) is 0 Å². The number of carbonyl (C=O) groups is 1. The third kappa shape index (κ3) is 2.67. The summed E-state index contributed by atoms with van der Waals surface area (Å²) in [6.07, 6.45) is 6.70. The lowest BCUT2D eigenvalue weighted by molar-refractivity contribution is -0.0861. The molecule has 5 nitrogen and oxygen atoms in total. The number of rotatable bonds is 3. The molecule has 1 aliphatic carbocycles. The minimum absolute atomic E-state index is 0.0298. The van der Waals surface area contributed by atoms with Gasteiger partial charge in [-0.05, 0) is 43.0 Å². The van der Waals surface area contributed by atoms with Crippen molar-refractivity contribution in [3.63, 3.8) is 0 Å². The van der Waals surface area contributed by atoms with Crippen molar-refractivity contribution in [2.75, 3.05) is 13.1 Å². The molecule has 2 aromatic rings. The lowest BCUT2D eigenvalue weighted by Crippen LogP contribution is -2.52. The first-order chi connectivity index (χ1) is 11.6. The molecule has 1 aliphatic heterocycles. The summed E-state index contributed by atoms with van der Waals surface area (Å²) in [5, 5.41) is 17.3. The number of thiophene rings is 1. The summed E-state index contributed by atoms with van der Waals surface area (Å²) in [6, 6.07) is 3.97. The van der Waals surface area contributed by atoms with E-state index in [0.717, 1.165) is 23.4 Å². The molecule has 0 spiro atoms. The van der Waals surface area contributed by atoms with E-state index in [-0.39, 0.29) is 5.91 Å². The van der Waals surface area contributed by atoms with Crippen LogP contribution in [0.15, 0.2) is 23.7 Å². The first-order valence-electron chi connectivity index (χ1n) is 8.66. The number of aryl methyl sites for hydroxylation is 1. The first-order valence-corrected chi connectivity index (χ1v) is 9.54. The monoisotopic (exact) mass is 345 g/mol. The molecule has 6 heteroatoms. The quantitative estimate of drug-likeness (QED) is 0.930. The van der Waals surface area contributed by atoms with Crippen LogP contribution < -0.4 is 0 Å². The summed E-state index contributed by atoms with van der Waals surface area (Å²) >= 11 is 1.60. The Bertz CT molecular complexity index is 726. The van der Waals surface area contributed by atoms with Crippen LogP contribution in [-0.4, -0.2) is 44.4 Å². The van der Waals surface area contributed by atoms with Gasteiger partial charge in [0.1, 0.15) is 5.69 Å². The maximum atomic E-state index is 13.0. The fourth-order valence-electron chi connectivity index (χ4n) is 3.86. The molecule has 3 heterocycles. The van der Waals surface area contributed by atoms with Gasteiger partial charge in [0.25, 0.3) is 5.91 Å². The highest BCUT2D eigenvalue weighted by Crippen LogP contribution is 2.42. The van der Waals surface area contributed by atoms with Crippen LogP contribution in [0, 0.1) is 5.92 Å². The molecule has 0 atom stereocenters. The van der Waals surface area contributed by atoms with Gasteiger partial charge in [-0.15, -0.1) is 11.3 Å². The third-order valence-electron chi connectivity index (χ3n) is 5.60. The maximum Gasteiger partial charge on any atom is 0.257 e. The molecule has 0 unspecified atom stereocenters. The van der Waals surface area contributed by atoms with E-state index in [1.54, 1.807) is 16.0 Å². The van der Waals surface area contributed by atoms with Crippen LogP contribution in [-0.2, 0) is 7.05 Å². The van der Waals surface area contributed by atoms with E-state index in [9.17, 15) is 9.90 Å². The van der Waals surface area contributed by atoms with Crippen LogP contribution >= 0.6 is 11.3 Å². The summed E-state index contributed by atoms with van der Waals surface area (Å²) in [6.45, 7) is 1.26. The van der Waals surface area contributed by atoms with Crippen LogP contribution in [0.2, 0.25) is 0 Å². The van der Waals surface area contributed by atoms with Crippen LogP contribution in [0.5, 0.6) is 0 Å². The standard InChI is InChI=1S/C18H23N3O2S/c1-20-12-14(16(19-20)15-6-3-11-24-15)17(22)21-9-7-18(23,8-10-21)13-4-2-5-13/h3,6,11-13,23H,2,4-5,7-10H2,1H3. The second kappa shape index (κ2) is 6.01. The fraction of sp³-hybridized carbons (Fsp3) is 0.556. The molecule has 1 saturated heterocycles. The zero-order valence-electron chi connectivity index (χ0n) is 13.9. The van der Waals surface area contributed by atoms with Crippen LogP contribution in [0.1, 0.15) is 42.5 Å². The van der Waals surface area contributed by atoms with Gasteiger partial charge in [0.2, 0.25) is 0 Å². The Morgan fingerprint density at radius 2 is 2.12 bits per heavy atom. The minimum Gasteiger partial charge on any atom is -0.389 e. The summed E-state index contributed by atoms with van der Waals surface area (Å²) in [4.78, 5) is 15.9. The van der Waals surface area contributed by atoms with Gasteiger partial charge in [-0.25, -0.2) is 0 Å². The van der Waals surface area contributed by atoms with Crippen molar-refractivity contribution in [1.82, 2.24) is 14.7 Å². The molecule has 2 aliphatic rings. The van der Waals surface area contributed by atoms with E-state index in [2.05, 4.69) is 5.10 Å². The van der Waals surface area contributed by atoms with E-state index in [1.165, 1.54) is 6.42 Å². The first kappa shape index (κ1) is 15.8. The molecule has 4 rings (SSSR count). The summed E-state index contributed by atoms with van der Waals surface area (Å²) in [5.74, 6) is 0.469. The number of hydrogen-bond acceptors (Lipinski definition) is 4. The SMILES string of the molecule is Cn1cc(C(=O)N2CCC(O)(C3CCC3)CC2)c(-c2cccs2)n1. The Morgan fingerprint density at radius 3 is 2.71 bits per heavy atom. The number of hydrogen-bond donors (Lipinski definition) is 1. The average Bonchev–Trinajstić information content (AvgIpc) is 3.14. The van der Waals surface area contributed by atoms with Crippen LogP contribution in [0.25, 0.3) is 10.6 Å². The van der Waals surface area contributed by atoms with Crippen molar-refractivity contribution in [3.8, 4) is 10.6 Å². The van der Waals surface area contributed by atoms with Gasteiger partial charge in [-0.1, -0.05) is 12.5 Å². The molecular weight excluding hydrogens is 322 g/mol. The predicted octanol–water partition coefficient (Wildman–Crippen LogP) is 2.92. The Balaban J connectivity index is 1.51. The molecule has 0 radical (unpaired) electrons. The van der Waals surface area contributed by atoms with Crippen LogP contribution in [0.3, 0.4) is 0 Å². The highest BCUT2D eigenvalue weighted by atomic mass is 32.1. The highest BCUT2D eigenvalue weighted by Gasteiger charge is 2.43. The topological polar surface area (TPSA) is 58.4 Å². The lowest BCUT2D eigenvalue weighted by atomic mass is 9.69. The Kier molecular flexibility index (Phi) is 3.96. The Morgan fingerprint density at radius 1 is 1.38 bits per heavy atom. The summed E-state index contributed by atoms with van der Waals surface area (Å²) < 4.78 is 1.71. The number of likely N-dealkylation sites (tertiary alicyclic amines) is 1. The molecule has 1 saturated carbocycles. The van der Waals surface area contributed by atoms with E-state index >= 15 is 0 Å². The zero-order valence-corrected chi connectivity index (χ0v) is 14.8. The second-order valence-electron chi connectivity index (χ2n) is 7.07. The largest absolute Gasteiger partial charge is 0.389 e. The van der Waals surface area contributed by atoms with Crippen molar-refractivity contribution < 1.29 is 9.90 Å². The number of aromatic nitrogens is 2. The minimum atomic E-state index is -0.555. The van der Waals surface area contributed by atoms with Crippen molar-refractivity contribution in [1.29, 1.82) is 0 Å². The molecule has 24 heavy (non-hydrogen) atoms. The van der Waals surface area contributed by atoms with Gasteiger partial charge >= 0.3 is 0 Å². The van der Waals surface area contributed by atoms with Gasteiger partial charge in [0.05, 0.1) is 16.0 Å². The maximum absolute atomic E-state index is 13.0. The van der Waals surface area contributed by atoms with Crippen LogP contribution in [0.4, 0.5) is 0 Å². The lowest BCUT2D eigenvalue weighted by Gasteiger charge is -2.46. The molecule has 0 bridgehead atoms. The molecule has 2 aromatic heterocycles. The Labute approximate surface area is 145 Å². The number of nitrogens with zero attached hydrogens (tertiary/aromatic N) is 3. The van der Waals surface area contributed by atoms with Gasteiger partial charge in [-0.3, -0.25) is 9.48 Å². The molecule has 1 N–H and O–H groups in total. The van der Waals surface area contributed by atoms with Crippen molar-refractivity contribution in [3.05, 3.63) is 29.3 Å². The number of amides is 1. The number of piperidine rings is 1. The van der Waals surface area contributed by atoms with E-state index in [0.29, 0.717) is 37.4 Å². The molecule has 2 fully saturated rings. The molecule has 0 aromatic carbocycles.